The summed E-state index contributed by atoms with van der Waals surface area (Å²) >= 11 is 1.57. The van der Waals surface area contributed by atoms with Crippen LogP contribution in [-0.2, 0) is 0 Å². The minimum Gasteiger partial charge on any atom is -0.390 e. The molecule has 0 radical (unpaired) electrons. The van der Waals surface area contributed by atoms with E-state index in [0.29, 0.717) is 48.3 Å². The van der Waals surface area contributed by atoms with Crippen molar-refractivity contribution in [3.8, 4) is 0 Å². The molecule has 7 heteroatoms. The second kappa shape index (κ2) is 15.4. The Balaban J connectivity index is 1.28. The monoisotopic (exact) mass is 550 g/mol. The van der Waals surface area contributed by atoms with Crippen LogP contribution in [0, 0.1) is 23.7 Å². The van der Waals surface area contributed by atoms with Crippen LogP contribution in [0.25, 0.3) is 0 Å². The number of hydrogen-bond donors (Lipinski definition) is 2. The first-order valence-corrected chi connectivity index (χ1v) is 15.8. The van der Waals surface area contributed by atoms with E-state index in [1.807, 2.05) is 70.7 Å². The lowest BCUT2D eigenvalue weighted by Crippen LogP contribution is -2.32. The summed E-state index contributed by atoms with van der Waals surface area (Å²) in [6.07, 6.45) is 10.5. The Morgan fingerprint density at radius 2 is 1.13 bits per heavy atom. The highest BCUT2D eigenvalue weighted by Gasteiger charge is 2.23. The van der Waals surface area contributed by atoms with Gasteiger partial charge in [0, 0.05) is 23.9 Å². The number of aliphatic hydroxyl groups excluding tert-OH is 2. The van der Waals surface area contributed by atoms with E-state index < -0.39 is 12.2 Å². The summed E-state index contributed by atoms with van der Waals surface area (Å²) in [6, 6.07) is 20.1. The normalized spacial score (nSPS) is 24.9. The van der Waals surface area contributed by atoms with Gasteiger partial charge in [-0.15, -0.1) is 0 Å². The Labute approximate surface area is 239 Å². The molecule has 6 nitrogen and oxygen atoms in total. The van der Waals surface area contributed by atoms with Crippen molar-refractivity contribution in [2.24, 2.45) is 33.9 Å². The predicted octanol–water partition coefficient (Wildman–Crippen LogP) is 6.30. The smallest absolute Gasteiger partial charge is 0.0826 e. The third kappa shape index (κ3) is 9.37. The van der Waals surface area contributed by atoms with Gasteiger partial charge in [0.05, 0.1) is 36.7 Å². The number of hydrogen-bond acceptors (Lipinski definition) is 7. The van der Waals surface area contributed by atoms with E-state index >= 15 is 0 Å². The molecule has 39 heavy (non-hydrogen) atoms. The largest absolute Gasteiger partial charge is 0.390 e. The maximum Gasteiger partial charge on any atom is 0.0826 e. The fourth-order valence-electron chi connectivity index (χ4n) is 5.61. The second-order valence-corrected chi connectivity index (χ2v) is 12.4. The van der Waals surface area contributed by atoms with Gasteiger partial charge in [-0.05, 0) is 60.8 Å². The van der Waals surface area contributed by atoms with Gasteiger partial charge in [0.15, 0.2) is 0 Å². The maximum absolute atomic E-state index is 10.9. The van der Waals surface area contributed by atoms with E-state index in [1.165, 1.54) is 38.5 Å². The van der Waals surface area contributed by atoms with Crippen molar-refractivity contribution in [3.05, 3.63) is 60.7 Å². The summed E-state index contributed by atoms with van der Waals surface area (Å²) in [7, 11) is 0. The van der Waals surface area contributed by atoms with Gasteiger partial charge in [0.25, 0.3) is 0 Å². The summed E-state index contributed by atoms with van der Waals surface area (Å²) in [5, 5.41) is 35.2. The van der Waals surface area contributed by atoms with Gasteiger partial charge in [-0.2, -0.15) is 22.0 Å². The van der Waals surface area contributed by atoms with Crippen LogP contribution in [0.15, 0.2) is 70.9 Å². The molecule has 2 aromatic rings. The third-order valence-electron chi connectivity index (χ3n) is 8.15. The highest BCUT2D eigenvalue weighted by molar-refractivity contribution is 7.99. The molecule has 2 aliphatic rings. The van der Waals surface area contributed by atoms with Gasteiger partial charge in [-0.25, -0.2) is 0 Å². The van der Waals surface area contributed by atoms with Gasteiger partial charge in [-0.3, -0.25) is 10.0 Å². The fraction of sp³-hybridized carbons (Fsp3) is 0.562. The Morgan fingerprint density at radius 3 is 1.49 bits per heavy atom. The second-order valence-electron chi connectivity index (χ2n) is 11.4. The van der Waals surface area contributed by atoms with Crippen LogP contribution in [0.2, 0.25) is 0 Å². The summed E-state index contributed by atoms with van der Waals surface area (Å²) in [6.45, 7) is 5.44. The van der Waals surface area contributed by atoms with E-state index in [0.717, 1.165) is 11.4 Å². The van der Waals surface area contributed by atoms with Crippen LogP contribution in [0.4, 0.5) is 11.4 Å². The molecular formula is C32H46N4O2S. The topological polar surface area (TPSA) is 71.7 Å². The number of rotatable bonds is 14. The fourth-order valence-corrected chi connectivity index (χ4v) is 6.50. The molecule has 0 heterocycles. The number of para-hydroxylation sites is 2. The molecule has 2 aromatic carbocycles. The molecule has 6 atom stereocenters. The summed E-state index contributed by atoms with van der Waals surface area (Å²) < 4.78 is 0. The molecule has 0 saturated heterocycles. The summed E-state index contributed by atoms with van der Waals surface area (Å²) in [5.41, 5.74) is 1.97. The lowest BCUT2D eigenvalue weighted by atomic mass is 10.00. The zero-order chi connectivity index (χ0) is 27.5. The SMILES string of the molecule is CC1CCCC1/C=N/N(CC(O)CSCC(O)CN(/N=C/C1CCCC1C)c1ccccc1)c1ccccc1. The van der Waals surface area contributed by atoms with Crippen molar-refractivity contribution in [1.82, 2.24) is 0 Å². The van der Waals surface area contributed by atoms with Crippen molar-refractivity contribution in [1.29, 1.82) is 0 Å². The molecule has 4 rings (SSSR count). The number of thioether (sulfide) groups is 1. The Morgan fingerprint density at radius 1 is 0.718 bits per heavy atom. The molecule has 0 aromatic heterocycles. The Hall–Kier alpha value is -2.35. The molecule has 2 saturated carbocycles. The first kappa shape index (κ1) is 29.6. The quantitative estimate of drug-likeness (QED) is 0.213. The average Bonchev–Trinajstić information content (AvgIpc) is 3.56. The predicted molar refractivity (Wildman–Crippen MR) is 167 cm³/mol. The van der Waals surface area contributed by atoms with Gasteiger partial charge in [0.2, 0.25) is 0 Å². The lowest BCUT2D eigenvalue weighted by molar-refractivity contribution is 0.200. The molecule has 6 unspecified atom stereocenters. The van der Waals surface area contributed by atoms with Crippen molar-refractivity contribution < 1.29 is 10.2 Å². The molecule has 2 fully saturated rings. The van der Waals surface area contributed by atoms with Gasteiger partial charge in [-0.1, -0.05) is 75.9 Å². The molecular weight excluding hydrogens is 504 g/mol. The molecule has 2 aliphatic carbocycles. The minimum absolute atomic E-state index is 0.421. The highest BCUT2D eigenvalue weighted by Crippen LogP contribution is 2.31. The molecule has 0 aliphatic heterocycles. The number of benzene rings is 2. The molecule has 0 spiro atoms. The average molecular weight is 551 g/mol. The van der Waals surface area contributed by atoms with Crippen LogP contribution in [0.3, 0.4) is 0 Å². The van der Waals surface area contributed by atoms with Crippen LogP contribution >= 0.6 is 11.8 Å². The first-order valence-electron chi connectivity index (χ1n) is 14.7. The van der Waals surface area contributed by atoms with E-state index in [9.17, 15) is 10.2 Å². The maximum atomic E-state index is 10.9. The molecule has 2 N–H and O–H groups in total. The number of aliphatic hydroxyl groups is 2. The van der Waals surface area contributed by atoms with E-state index in [-0.39, 0.29) is 0 Å². The summed E-state index contributed by atoms with van der Waals surface area (Å²) in [5.74, 6) is 3.40. The number of nitrogens with zero attached hydrogens (tertiary/aromatic N) is 4. The van der Waals surface area contributed by atoms with Crippen molar-refractivity contribution >= 4 is 35.6 Å². The van der Waals surface area contributed by atoms with Crippen molar-refractivity contribution in [2.75, 3.05) is 34.6 Å². The molecule has 0 bridgehead atoms. The van der Waals surface area contributed by atoms with Crippen LogP contribution < -0.4 is 10.0 Å². The lowest BCUT2D eigenvalue weighted by Gasteiger charge is -2.25. The van der Waals surface area contributed by atoms with Crippen molar-refractivity contribution in [2.45, 2.75) is 64.6 Å². The number of anilines is 2. The summed E-state index contributed by atoms with van der Waals surface area (Å²) in [4.78, 5) is 0. The van der Waals surface area contributed by atoms with E-state index in [4.69, 9.17) is 10.2 Å². The van der Waals surface area contributed by atoms with Crippen LogP contribution in [0.5, 0.6) is 0 Å². The molecule has 0 amide bonds. The molecule has 212 valence electrons. The van der Waals surface area contributed by atoms with Gasteiger partial charge in [0.1, 0.15) is 0 Å². The first-order chi connectivity index (χ1) is 19.0. The third-order valence-corrected chi connectivity index (χ3v) is 9.39. The van der Waals surface area contributed by atoms with E-state index in [2.05, 4.69) is 26.3 Å². The highest BCUT2D eigenvalue weighted by atomic mass is 32.2. The Kier molecular flexibility index (Phi) is 11.7. The minimum atomic E-state index is -0.562. The van der Waals surface area contributed by atoms with Crippen LogP contribution in [0.1, 0.15) is 52.4 Å². The van der Waals surface area contributed by atoms with Crippen LogP contribution in [-0.4, -0.2) is 59.4 Å². The zero-order valence-electron chi connectivity index (χ0n) is 23.6. The van der Waals surface area contributed by atoms with Gasteiger partial charge < -0.3 is 10.2 Å². The van der Waals surface area contributed by atoms with Crippen molar-refractivity contribution in [3.63, 3.8) is 0 Å². The number of hydrazone groups is 2. The van der Waals surface area contributed by atoms with Gasteiger partial charge >= 0.3 is 0 Å². The Bertz CT molecular complexity index is 940. The standard InChI is InChI=1S/C32H46N4O2S/c1-25-11-9-13-27(25)19-33-35(29-15-5-3-6-16-29)21-31(37)23-39-24-32(38)22-36(30-17-7-4-8-18-30)34-20-28-14-10-12-26(28)2/h3-8,15-20,25-28,31-32,37-38H,9-14,21-24H2,1-2H3/b33-19+,34-20+. The zero-order valence-corrected chi connectivity index (χ0v) is 24.4. The van der Waals surface area contributed by atoms with E-state index in [1.54, 1.807) is 11.8 Å².